The van der Waals surface area contributed by atoms with Crippen LogP contribution in [0.4, 0.5) is 0 Å². The van der Waals surface area contributed by atoms with Crippen molar-refractivity contribution in [2.24, 2.45) is 0 Å². The molecule has 0 spiro atoms. The molecule has 0 aliphatic carbocycles. The van der Waals surface area contributed by atoms with Gasteiger partial charge in [0.05, 0.1) is 0 Å². The molecule has 1 heterocycles. The number of allylic oxidation sites excluding steroid dienone is 1. The van der Waals surface area contributed by atoms with Crippen LogP contribution in [0.3, 0.4) is 0 Å². The third kappa shape index (κ3) is 2.93. The van der Waals surface area contributed by atoms with Crippen LogP contribution >= 0.6 is 0 Å². The number of likely N-dealkylation sites (tertiary alicyclic amines) is 1. The lowest BCUT2D eigenvalue weighted by atomic mass is 10.1. The van der Waals surface area contributed by atoms with Gasteiger partial charge in [-0.25, -0.2) is 0 Å². The molecular formula is C14H19N. The van der Waals surface area contributed by atoms with Gasteiger partial charge in [-0.1, -0.05) is 36.4 Å². The Morgan fingerprint density at radius 3 is 2.80 bits per heavy atom. The van der Waals surface area contributed by atoms with Gasteiger partial charge in [0.25, 0.3) is 0 Å². The summed E-state index contributed by atoms with van der Waals surface area (Å²) < 4.78 is 0. The molecule has 0 aromatic heterocycles. The minimum atomic E-state index is 1.12. The SMILES string of the molecule is C/C=C/c1cccc(CN2CCCC2)c1. The van der Waals surface area contributed by atoms with E-state index >= 15 is 0 Å². The highest BCUT2D eigenvalue weighted by atomic mass is 15.1. The standard InChI is InChI=1S/C14H19N/c1-2-6-13-7-5-8-14(11-13)12-15-9-3-4-10-15/h2,5-8,11H,3-4,9-10,12H2,1H3/b6-2+. The van der Waals surface area contributed by atoms with Crippen molar-refractivity contribution in [3.05, 3.63) is 41.5 Å². The van der Waals surface area contributed by atoms with Gasteiger partial charge >= 0.3 is 0 Å². The zero-order chi connectivity index (χ0) is 10.5. The number of benzene rings is 1. The molecule has 0 unspecified atom stereocenters. The second kappa shape index (κ2) is 5.13. The van der Waals surface area contributed by atoms with Crippen molar-refractivity contribution < 1.29 is 0 Å². The molecule has 0 radical (unpaired) electrons. The van der Waals surface area contributed by atoms with Crippen molar-refractivity contribution in [2.75, 3.05) is 13.1 Å². The molecule has 15 heavy (non-hydrogen) atoms. The maximum Gasteiger partial charge on any atom is 0.0233 e. The van der Waals surface area contributed by atoms with Crippen molar-refractivity contribution >= 4 is 6.08 Å². The topological polar surface area (TPSA) is 3.24 Å². The molecule has 80 valence electrons. The highest BCUT2D eigenvalue weighted by Crippen LogP contribution is 2.14. The summed E-state index contributed by atoms with van der Waals surface area (Å²) >= 11 is 0. The van der Waals surface area contributed by atoms with Crippen molar-refractivity contribution in [1.82, 2.24) is 4.90 Å². The van der Waals surface area contributed by atoms with E-state index in [1.165, 1.54) is 37.1 Å². The van der Waals surface area contributed by atoms with Gasteiger partial charge < -0.3 is 0 Å². The minimum Gasteiger partial charge on any atom is -0.299 e. The first-order chi connectivity index (χ1) is 7.38. The van der Waals surface area contributed by atoms with Gasteiger partial charge in [0.1, 0.15) is 0 Å². The Morgan fingerprint density at radius 1 is 1.27 bits per heavy atom. The summed E-state index contributed by atoms with van der Waals surface area (Å²) in [5.41, 5.74) is 2.75. The summed E-state index contributed by atoms with van der Waals surface area (Å²) in [5.74, 6) is 0. The van der Waals surface area contributed by atoms with Gasteiger partial charge in [-0.3, -0.25) is 4.90 Å². The molecule has 0 saturated carbocycles. The largest absolute Gasteiger partial charge is 0.299 e. The van der Waals surface area contributed by atoms with Gasteiger partial charge in [-0.2, -0.15) is 0 Å². The smallest absolute Gasteiger partial charge is 0.0233 e. The van der Waals surface area contributed by atoms with Crippen LogP contribution in [0.25, 0.3) is 6.08 Å². The van der Waals surface area contributed by atoms with Crippen LogP contribution in [-0.2, 0) is 6.54 Å². The molecule has 0 atom stereocenters. The second-order valence-corrected chi connectivity index (χ2v) is 4.23. The van der Waals surface area contributed by atoms with Crippen LogP contribution in [0.2, 0.25) is 0 Å². The van der Waals surface area contributed by atoms with Gasteiger partial charge in [0, 0.05) is 6.54 Å². The van der Waals surface area contributed by atoms with Gasteiger partial charge in [-0.05, 0) is 44.0 Å². The molecule has 0 amide bonds. The van der Waals surface area contributed by atoms with E-state index in [2.05, 4.69) is 48.2 Å². The highest BCUT2D eigenvalue weighted by Gasteiger charge is 2.11. The quantitative estimate of drug-likeness (QED) is 0.725. The third-order valence-corrected chi connectivity index (χ3v) is 2.92. The monoisotopic (exact) mass is 201 g/mol. The first-order valence-corrected chi connectivity index (χ1v) is 5.82. The van der Waals surface area contributed by atoms with Crippen LogP contribution in [0.1, 0.15) is 30.9 Å². The lowest BCUT2D eigenvalue weighted by Gasteiger charge is -2.14. The summed E-state index contributed by atoms with van der Waals surface area (Å²) in [6, 6.07) is 8.83. The molecule has 1 aliphatic rings. The summed E-state index contributed by atoms with van der Waals surface area (Å²) in [5, 5.41) is 0. The van der Waals surface area contributed by atoms with Crippen LogP contribution in [-0.4, -0.2) is 18.0 Å². The van der Waals surface area contributed by atoms with E-state index in [1.54, 1.807) is 0 Å². The lowest BCUT2D eigenvalue weighted by Crippen LogP contribution is -2.18. The molecule has 2 rings (SSSR count). The number of rotatable bonds is 3. The molecule has 1 heteroatoms. The molecule has 1 aromatic rings. The fraction of sp³-hybridized carbons (Fsp3) is 0.429. The second-order valence-electron chi connectivity index (χ2n) is 4.23. The summed E-state index contributed by atoms with van der Waals surface area (Å²) in [4.78, 5) is 2.54. The first kappa shape index (κ1) is 10.4. The molecule has 1 aliphatic heterocycles. The average molecular weight is 201 g/mol. The zero-order valence-corrected chi connectivity index (χ0v) is 9.45. The van der Waals surface area contributed by atoms with Gasteiger partial charge in [0.2, 0.25) is 0 Å². The third-order valence-electron chi connectivity index (χ3n) is 2.92. The van der Waals surface area contributed by atoms with Crippen molar-refractivity contribution in [3.63, 3.8) is 0 Å². The Morgan fingerprint density at radius 2 is 2.07 bits per heavy atom. The zero-order valence-electron chi connectivity index (χ0n) is 9.45. The summed E-state index contributed by atoms with van der Waals surface area (Å²) in [6.45, 7) is 5.72. The van der Waals surface area contributed by atoms with Crippen LogP contribution in [0.15, 0.2) is 30.3 Å². The van der Waals surface area contributed by atoms with Crippen LogP contribution < -0.4 is 0 Å². The van der Waals surface area contributed by atoms with E-state index in [1.807, 2.05) is 0 Å². The molecule has 0 bridgehead atoms. The fourth-order valence-electron chi connectivity index (χ4n) is 2.19. The molecule has 1 saturated heterocycles. The first-order valence-electron chi connectivity index (χ1n) is 5.82. The molecule has 1 aromatic carbocycles. The predicted molar refractivity (Wildman–Crippen MR) is 65.7 cm³/mol. The van der Waals surface area contributed by atoms with Crippen LogP contribution in [0, 0.1) is 0 Å². The van der Waals surface area contributed by atoms with Crippen molar-refractivity contribution in [1.29, 1.82) is 0 Å². The van der Waals surface area contributed by atoms with Crippen molar-refractivity contribution in [2.45, 2.75) is 26.3 Å². The van der Waals surface area contributed by atoms with Crippen LogP contribution in [0.5, 0.6) is 0 Å². The van der Waals surface area contributed by atoms with Gasteiger partial charge in [-0.15, -0.1) is 0 Å². The highest BCUT2D eigenvalue weighted by molar-refractivity contribution is 5.49. The Labute approximate surface area is 92.4 Å². The Kier molecular flexibility index (Phi) is 3.57. The lowest BCUT2D eigenvalue weighted by molar-refractivity contribution is 0.331. The molecule has 0 N–H and O–H groups in total. The van der Waals surface area contributed by atoms with Crippen molar-refractivity contribution in [3.8, 4) is 0 Å². The van der Waals surface area contributed by atoms with E-state index in [4.69, 9.17) is 0 Å². The molecular weight excluding hydrogens is 182 g/mol. The Balaban J connectivity index is 2.03. The normalized spacial score (nSPS) is 17.7. The predicted octanol–water partition coefficient (Wildman–Crippen LogP) is 3.32. The Hall–Kier alpha value is -1.08. The number of hydrogen-bond acceptors (Lipinski definition) is 1. The molecule has 1 fully saturated rings. The number of hydrogen-bond donors (Lipinski definition) is 0. The minimum absolute atomic E-state index is 1.12. The molecule has 1 nitrogen and oxygen atoms in total. The maximum absolute atomic E-state index is 2.54. The Bertz CT molecular complexity index is 335. The number of nitrogens with zero attached hydrogens (tertiary/aromatic N) is 1. The average Bonchev–Trinajstić information content (AvgIpc) is 2.71. The summed E-state index contributed by atoms with van der Waals surface area (Å²) in [7, 11) is 0. The van der Waals surface area contributed by atoms with E-state index < -0.39 is 0 Å². The fourth-order valence-corrected chi connectivity index (χ4v) is 2.19. The maximum atomic E-state index is 2.54. The van der Waals surface area contributed by atoms with E-state index in [0.717, 1.165) is 6.54 Å². The van der Waals surface area contributed by atoms with E-state index in [-0.39, 0.29) is 0 Å². The van der Waals surface area contributed by atoms with E-state index in [0.29, 0.717) is 0 Å². The van der Waals surface area contributed by atoms with E-state index in [9.17, 15) is 0 Å². The summed E-state index contributed by atoms with van der Waals surface area (Å²) in [6.07, 6.45) is 6.99. The van der Waals surface area contributed by atoms with Gasteiger partial charge in [0.15, 0.2) is 0 Å².